The number of nitrogens with zero attached hydrogens (tertiary/aromatic N) is 4. The number of halogens is 1. The van der Waals surface area contributed by atoms with Crippen LogP contribution >= 0.6 is 23.4 Å². The Balaban J connectivity index is 0.783. The molecule has 0 aromatic heterocycles. The van der Waals surface area contributed by atoms with E-state index in [1.807, 2.05) is 42.1 Å². The summed E-state index contributed by atoms with van der Waals surface area (Å²) in [6.45, 7) is 8.51. The van der Waals surface area contributed by atoms with E-state index in [4.69, 9.17) is 21.1 Å². The fraction of sp³-hybridized carbons (Fsp3) is 0.316. The van der Waals surface area contributed by atoms with Gasteiger partial charge in [0.2, 0.25) is 0 Å². The molecule has 10 heteroatoms. The Hall–Kier alpha value is -4.02. The van der Waals surface area contributed by atoms with Crippen molar-refractivity contribution in [3.8, 4) is 11.5 Å². The summed E-state index contributed by atoms with van der Waals surface area (Å²) in [5.41, 5.74) is 3.42. The fourth-order valence-electron chi connectivity index (χ4n) is 6.51. The van der Waals surface area contributed by atoms with Gasteiger partial charge in [-0.05, 0) is 86.1 Å². The van der Waals surface area contributed by atoms with Crippen molar-refractivity contribution in [2.75, 3.05) is 70.5 Å². The van der Waals surface area contributed by atoms with Gasteiger partial charge in [-0.25, -0.2) is 0 Å². The van der Waals surface area contributed by atoms with E-state index in [0.29, 0.717) is 37.3 Å². The van der Waals surface area contributed by atoms with Crippen LogP contribution in [0.5, 0.6) is 11.5 Å². The third-order valence-corrected chi connectivity index (χ3v) is 10.4. The third-order valence-electron chi connectivity index (χ3n) is 9.08. The van der Waals surface area contributed by atoms with Crippen molar-refractivity contribution in [3.05, 3.63) is 107 Å². The first-order valence-electron chi connectivity index (χ1n) is 16.6. The molecule has 1 fully saturated rings. The average Bonchev–Trinajstić information content (AvgIpc) is 3.36. The van der Waals surface area contributed by atoms with Gasteiger partial charge in [0.15, 0.2) is 0 Å². The minimum Gasteiger partial charge on any atom is -0.494 e. The van der Waals surface area contributed by atoms with E-state index in [-0.39, 0.29) is 11.8 Å². The molecule has 4 aromatic carbocycles. The molecule has 3 heterocycles. The quantitative estimate of drug-likeness (QED) is 0.109. The van der Waals surface area contributed by atoms with Crippen molar-refractivity contribution in [3.63, 3.8) is 0 Å². The summed E-state index contributed by atoms with van der Waals surface area (Å²) in [5.74, 6) is 1.09. The van der Waals surface area contributed by atoms with E-state index >= 15 is 0 Å². The molecule has 2 amide bonds. The molecule has 48 heavy (non-hydrogen) atoms. The Labute approximate surface area is 291 Å². The zero-order chi connectivity index (χ0) is 32.9. The molecular weight excluding hydrogens is 644 g/mol. The van der Waals surface area contributed by atoms with Crippen LogP contribution in [0.15, 0.2) is 101 Å². The van der Waals surface area contributed by atoms with E-state index in [9.17, 15) is 9.59 Å². The molecule has 7 rings (SSSR count). The summed E-state index contributed by atoms with van der Waals surface area (Å²) >= 11 is 8.21. The van der Waals surface area contributed by atoms with Crippen LogP contribution in [0, 0.1) is 0 Å². The van der Waals surface area contributed by atoms with Gasteiger partial charge in [0.1, 0.15) is 18.1 Å². The number of benzene rings is 4. The van der Waals surface area contributed by atoms with Gasteiger partial charge in [-0.3, -0.25) is 19.4 Å². The molecular formula is C38H39ClN4O4S. The van der Waals surface area contributed by atoms with Crippen molar-refractivity contribution in [1.29, 1.82) is 0 Å². The Morgan fingerprint density at radius 1 is 0.583 bits per heavy atom. The third kappa shape index (κ3) is 7.34. The van der Waals surface area contributed by atoms with Gasteiger partial charge in [-0.2, -0.15) is 0 Å². The summed E-state index contributed by atoms with van der Waals surface area (Å²) in [6, 6.07) is 29.4. The second kappa shape index (κ2) is 15.0. The number of hydrogen-bond acceptors (Lipinski definition) is 8. The number of rotatable bonds is 13. The maximum atomic E-state index is 12.5. The largest absolute Gasteiger partial charge is 0.494 e. The lowest BCUT2D eigenvalue weighted by Crippen LogP contribution is -2.47. The first-order valence-corrected chi connectivity index (χ1v) is 17.8. The molecule has 0 atom stereocenters. The summed E-state index contributed by atoms with van der Waals surface area (Å²) in [4.78, 5) is 36.3. The molecule has 0 N–H and O–H groups in total. The summed E-state index contributed by atoms with van der Waals surface area (Å²) in [6.07, 6.45) is 1.65. The van der Waals surface area contributed by atoms with Crippen molar-refractivity contribution in [2.45, 2.75) is 22.6 Å². The number of imide groups is 1. The number of anilines is 2. The highest BCUT2D eigenvalue weighted by Gasteiger charge is 2.34. The number of amides is 2. The molecule has 0 unspecified atom stereocenters. The van der Waals surface area contributed by atoms with Gasteiger partial charge in [0.25, 0.3) is 11.8 Å². The summed E-state index contributed by atoms with van der Waals surface area (Å²) in [7, 11) is 0. The highest BCUT2D eigenvalue weighted by molar-refractivity contribution is 7.99. The fourth-order valence-corrected chi connectivity index (χ4v) is 7.75. The molecule has 8 nitrogen and oxygen atoms in total. The van der Waals surface area contributed by atoms with Crippen LogP contribution in [-0.4, -0.2) is 92.1 Å². The van der Waals surface area contributed by atoms with Crippen LogP contribution in [0.4, 0.5) is 11.4 Å². The lowest BCUT2D eigenvalue weighted by molar-refractivity contribution is 0.0646. The monoisotopic (exact) mass is 682 g/mol. The lowest BCUT2D eigenvalue weighted by Gasteiger charge is -2.36. The molecule has 4 aromatic rings. The van der Waals surface area contributed by atoms with E-state index < -0.39 is 0 Å². The van der Waals surface area contributed by atoms with Crippen LogP contribution in [0.2, 0.25) is 5.02 Å². The average molecular weight is 683 g/mol. The van der Waals surface area contributed by atoms with E-state index in [0.717, 1.165) is 68.8 Å². The highest BCUT2D eigenvalue weighted by atomic mass is 35.5. The van der Waals surface area contributed by atoms with Gasteiger partial charge in [-0.15, -0.1) is 0 Å². The second-order valence-electron chi connectivity index (χ2n) is 12.2. The lowest BCUT2D eigenvalue weighted by atomic mass is 10.1. The molecule has 3 aliphatic heterocycles. The maximum absolute atomic E-state index is 12.5. The van der Waals surface area contributed by atoms with Crippen molar-refractivity contribution in [2.24, 2.45) is 0 Å². The number of hydrogen-bond donors (Lipinski definition) is 0. The number of piperazine rings is 1. The number of carbonyl (C=O) groups excluding carboxylic acids is 2. The number of ether oxygens (including phenoxy) is 2. The van der Waals surface area contributed by atoms with Crippen molar-refractivity contribution < 1.29 is 19.1 Å². The normalized spacial score (nSPS) is 16.1. The van der Waals surface area contributed by atoms with Gasteiger partial charge >= 0.3 is 0 Å². The molecule has 1 saturated heterocycles. The van der Waals surface area contributed by atoms with Crippen molar-refractivity contribution >= 4 is 46.6 Å². The summed E-state index contributed by atoms with van der Waals surface area (Å²) < 4.78 is 11.9. The number of carbonyl (C=O) groups is 2. The van der Waals surface area contributed by atoms with E-state index in [1.165, 1.54) is 26.1 Å². The first kappa shape index (κ1) is 32.5. The van der Waals surface area contributed by atoms with Crippen molar-refractivity contribution in [1.82, 2.24) is 14.7 Å². The maximum Gasteiger partial charge on any atom is 0.261 e. The van der Waals surface area contributed by atoms with E-state index in [1.54, 1.807) is 24.3 Å². The first-order chi connectivity index (χ1) is 23.5. The Bertz CT molecular complexity index is 1730. The standard InChI is InChI=1S/C38H39ClN4O4S/c39-28-11-16-36-34(27-28)42(33-9-3-4-10-35(33)48-36)18-5-17-40-20-22-41(23-21-40)24-26-47-30-14-12-29(13-15-30)46-25-6-19-43-37(44)31-7-1-2-8-32(31)38(43)45/h1-4,7-16,27H,5-6,17-26H2. The van der Waals surface area contributed by atoms with Crippen LogP contribution in [0.1, 0.15) is 33.6 Å². The molecule has 0 aliphatic carbocycles. The van der Waals surface area contributed by atoms with E-state index in [2.05, 4.69) is 51.1 Å². The van der Waals surface area contributed by atoms with Crippen LogP contribution in [-0.2, 0) is 0 Å². The second-order valence-corrected chi connectivity index (χ2v) is 13.7. The topological polar surface area (TPSA) is 65.6 Å². The Morgan fingerprint density at radius 3 is 1.88 bits per heavy atom. The smallest absolute Gasteiger partial charge is 0.261 e. The SMILES string of the molecule is O=C1c2ccccc2C(=O)N1CCCOc1ccc(OCCN2CCN(CCCN3c4ccccc4Sc4ccc(Cl)cc43)CC2)cc1. The van der Waals surface area contributed by atoms with Crippen LogP contribution < -0.4 is 14.4 Å². The van der Waals surface area contributed by atoms with Gasteiger partial charge < -0.3 is 19.3 Å². The predicted molar refractivity (Wildman–Crippen MR) is 190 cm³/mol. The van der Waals surface area contributed by atoms with Crippen LogP contribution in [0.25, 0.3) is 0 Å². The zero-order valence-electron chi connectivity index (χ0n) is 26.9. The van der Waals surface area contributed by atoms with Crippen LogP contribution in [0.3, 0.4) is 0 Å². The van der Waals surface area contributed by atoms with Gasteiger partial charge in [0.05, 0.1) is 29.1 Å². The number of para-hydroxylation sites is 1. The molecule has 0 bridgehead atoms. The Morgan fingerprint density at radius 2 is 1.17 bits per heavy atom. The minimum atomic E-state index is -0.230. The highest BCUT2D eigenvalue weighted by Crippen LogP contribution is 2.48. The van der Waals surface area contributed by atoms with Gasteiger partial charge in [-0.1, -0.05) is 47.6 Å². The molecule has 0 radical (unpaired) electrons. The molecule has 3 aliphatic rings. The Kier molecular flexibility index (Phi) is 10.2. The summed E-state index contributed by atoms with van der Waals surface area (Å²) in [5, 5.41) is 0.775. The molecule has 248 valence electrons. The number of fused-ring (bicyclic) bond motifs is 3. The zero-order valence-corrected chi connectivity index (χ0v) is 28.4. The molecule has 0 saturated carbocycles. The van der Waals surface area contributed by atoms with Gasteiger partial charge in [0, 0.05) is 60.6 Å². The minimum absolute atomic E-state index is 0.230. The molecule has 0 spiro atoms. The predicted octanol–water partition coefficient (Wildman–Crippen LogP) is 7.09.